The smallest absolute Gasteiger partial charge is 0.318 e. The zero-order valence-corrected chi connectivity index (χ0v) is 13.2. The highest BCUT2D eigenvalue weighted by atomic mass is 16.2. The lowest BCUT2D eigenvalue weighted by Gasteiger charge is -2.28. The summed E-state index contributed by atoms with van der Waals surface area (Å²) in [5.41, 5.74) is 2.72. The normalized spacial score (nSPS) is 22.6. The van der Waals surface area contributed by atoms with E-state index in [-0.39, 0.29) is 11.4 Å². The maximum atomic E-state index is 12.4. The molecule has 1 unspecified atom stereocenters. The summed E-state index contributed by atoms with van der Waals surface area (Å²) in [6, 6.07) is 9.23. The third-order valence-corrected chi connectivity index (χ3v) is 4.49. The Kier molecular flexibility index (Phi) is 3.66. The number of amides is 2. The van der Waals surface area contributed by atoms with Crippen LogP contribution < -0.4 is 5.32 Å². The molecule has 2 saturated heterocycles. The Morgan fingerprint density at radius 1 is 1.24 bits per heavy atom. The first-order valence-corrected chi connectivity index (χ1v) is 7.81. The summed E-state index contributed by atoms with van der Waals surface area (Å²) < 4.78 is 0. The minimum Gasteiger partial charge on any atom is -0.318 e. The summed E-state index contributed by atoms with van der Waals surface area (Å²) >= 11 is 0. The number of hydrogen-bond donors (Lipinski definition) is 1. The molecule has 2 aliphatic heterocycles. The Labute approximate surface area is 127 Å². The van der Waals surface area contributed by atoms with Gasteiger partial charge in [-0.3, -0.25) is 0 Å². The second-order valence-electron chi connectivity index (χ2n) is 7.16. The topological polar surface area (TPSA) is 35.6 Å². The van der Waals surface area contributed by atoms with Gasteiger partial charge in [0.05, 0.1) is 6.04 Å². The fourth-order valence-electron chi connectivity index (χ4n) is 3.15. The van der Waals surface area contributed by atoms with Crippen LogP contribution in [0.1, 0.15) is 31.9 Å². The van der Waals surface area contributed by atoms with E-state index in [1.807, 2.05) is 9.80 Å². The number of fused-ring (bicyclic) bond motifs is 1. The van der Waals surface area contributed by atoms with E-state index in [2.05, 4.69) is 50.4 Å². The van der Waals surface area contributed by atoms with Crippen molar-refractivity contribution in [3.63, 3.8) is 0 Å². The fraction of sp³-hybridized carbons (Fsp3) is 0.588. The Morgan fingerprint density at radius 2 is 1.95 bits per heavy atom. The maximum Gasteiger partial charge on any atom is 0.320 e. The van der Waals surface area contributed by atoms with Gasteiger partial charge in [-0.05, 0) is 16.5 Å². The van der Waals surface area contributed by atoms with E-state index < -0.39 is 0 Å². The van der Waals surface area contributed by atoms with Crippen molar-refractivity contribution in [1.29, 1.82) is 0 Å². The molecule has 4 nitrogen and oxygen atoms in total. The van der Waals surface area contributed by atoms with Crippen LogP contribution in [0.3, 0.4) is 0 Å². The van der Waals surface area contributed by atoms with Crippen molar-refractivity contribution in [2.24, 2.45) is 0 Å². The van der Waals surface area contributed by atoms with Crippen molar-refractivity contribution >= 4 is 6.03 Å². The van der Waals surface area contributed by atoms with Crippen LogP contribution >= 0.6 is 0 Å². The first-order chi connectivity index (χ1) is 9.95. The number of nitrogens with zero attached hydrogens (tertiary/aromatic N) is 2. The van der Waals surface area contributed by atoms with Crippen LogP contribution in [0.25, 0.3) is 0 Å². The van der Waals surface area contributed by atoms with E-state index in [1.54, 1.807) is 0 Å². The van der Waals surface area contributed by atoms with Gasteiger partial charge in [-0.25, -0.2) is 4.79 Å². The molecule has 1 aromatic rings. The van der Waals surface area contributed by atoms with Crippen LogP contribution in [0.15, 0.2) is 24.3 Å². The lowest BCUT2D eigenvalue weighted by Crippen LogP contribution is -2.49. The Balaban J connectivity index is 1.68. The van der Waals surface area contributed by atoms with Gasteiger partial charge in [0.1, 0.15) is 0 Å². The number of urea groups is 1. The monoisotopic (exact) mass is 287 g/mol. The second-order valence-corrected chi connectivity index (χ2v) is 7.16. The molecule has 2 heterocycles. The van der Waals surface area contributed by atoms with Gasteiger partial charge in [0.25, 0.3) is 0 Å². The quantitative estimate of drug-likeness (QED) is 0.905. The Morgan fingerprint density at radius 3 is 2.57 bits per heavy atom. The van der Waals surface area contributed by atoms with Crippen molar-refractivity contribution < 1.29 is 4.79 Å². The van der Waals surface area contributed by atoms with E-state index >= 15 is 0 Å². The van der Waals surface area contributed by atoms with Crippen molar-refractivity contribution in [2.75, 3.05) is 26.2 Å². The van der Waals surface area contributed by atoms with Gasteiger partial charge in [0.2, 0.25) is 0 Å². The minimum atomic E-state index is 0.175. The number of rotatable bonds is 2. The number of piperazine rings is 1. The zero-order chi connectivity index (χ0) is 15.0. The zero-order valence-electron chi connectivity index (χ0n) is 13.2. The van der Waals surface area contributed by atoms with Crippen LogP contribution in [0.4, 0.5) is 4.79 Å². The predicted octanol–water partition coefficient (Wildman–Crippen LogP) is 2.19. The number of benzene rings is 1. The summed E-state index contributed by atoms with van der Waals surface area (Å²) in [5.74, 6) is 0. The molecule has 4 heteroatoms. The molecule has 1 N–H and O–H groups in total. The molecule has 1 atom stereocenters. The predicted molar refractivity (Wildman–Crippen MR) is 84.3 cm³/mol. The molecule has 0 bridgehead atoms. The number of hydrogen-bond acceptors (Lipinski definition) is 2. The van der Waals surface area contributed by atoms with Crippen molar-refractivity contribution in [1.82, 2.24) is 15.1 Å². The van der Waals surface area contributed by atoms with Gasteiger partial charge in [-0.2, -0.15) is 0 Å². The van der Waals surface area contributed by atoms with Crippen molar-refractivity contribution in [3.05, 3.63) is 35.4 Å². The molecule has 21 heavy (non-hydrogen) atoms. The van der Waals surface area contributed by atoms with Gasteiger partial charge < -0.3 is 15.1 Å². The van der Waals surface area contributed by atoms with E-state index in [0.29, 0.717) is 6.04 Å². The van der Waals surface area contributed by atoms with E-state index in [0.717, 1.165) is 32.7 Å². The maximum absolute atomic E-state index is 12.4. The van der Waals surface area contributed by atoms with Gasteiger partial charge in [0.15, 0.2) is 0 Å². The van der Waals surface area contributed by atoms with Crippen molar-refractivity contribution in [3.8, 4) is 0 Å². The fourth-order valence-corrected chi connectivity index (χ4v) is 3.15. The van der Waals surface area contributed by atoms with Gasteiger partial charge in [0, 0.05) is 32.7 Å². The Hall–Kier alpha value is -1.55. The molecule has 114 valence electrons. The highest BCUT2D eigenvalue weighted by Crippen LogP contribution is 2.24. The molecule has 2 fully saturated rings. The summed E-state index contributed by atoms with van der Waals surface area (Å²) in [4.78, 5) is 16.4. The number of nitrogens with one attached hydrogen (secondary N) is 1. The molecule has 0 spiro atoms. The SMILES string of the molecule is CC(C)(C)c1ccc(CN2CC3CNCCN3C2=O)cc1. The average molecular weight is 287 g/mol. The van der Waals surface area contributed by atoms with E-state index in [1.165, 1.54) is 11.1 Å². The van der Waals surface area contributed by atoms with Gasteiger partial charge in [-0.1, -0.05) is 45.0 Å². The average Bonchev–Trinajstić information content (AvgIpc) is 2.76. The molecular formula is C17H25N3O. The van der Waals surface area contributed by atoms with E-state index in [4.69, 9.17) is 0 Å². The molecule has 2 amide bonds. The van der Waals surface area contributed by atoms with Crippen LogP contribution in [0, 0.1) is 0 Å². The van der Waals surface area contributed by atoms with Crippen LogP contribution in [0.5, 0.6) is 0 Å². The third-order valence-electron chi connectivity index (χ3n) is 4.49. The number of carbonyl (C=O) groups excluding carboxylic acids is 1. The minimum absolute atomic E-state index is 0.175. The van der Waals surface area contributed by atoms with Crippen LogP contribution in [-0.4, -0.2) is 48.1 Å². The van der Waals surface area contributed by atoms with Crippen LogP contribution in [0.2, 0.25) is 0 Å². The van der Waals surface area contributed by atoms with Gasteiger partial charge >= 0.3 is 6.03 Å². The van der Waals surface area contributed by atoms with Crippen molar-refractivity contribution in [2.45, 2.75) is 38.8 Å². The molecule has 3 rings (SSSR count). The van der Waals surface area contributed by atoms with Gasteiger partial charge in [-0.15, -0.1) is 0 Å². The highest BCUT2D eigenvalue weighted by molar-refractivity contribution is 5.77. The molecule has 0 saturated carbocycles. The van der Waals surface area contributed by atoms with Crippen LogP contribution in [-0.2, 0) is 12.0 Å². The number of carbonyl (C=O) groups is 1. The highest BCUT2D eigenvalue weighted by Gasteiger charge is 2.38. The summed E-state index contributed by atoms with van der Waals surface area (Å²) in [5, 5.41) is 3.36. The molecule has 1 aromatic carbocycles. The summed E-state index contributed by atoms with van der Waals surface area (Å²) in [6.45, 7) is 10.9. The Bertz CT molecular complexity index is 518. The first-order valence-electron chi connectivity index (χ1n) is 7.81. The lowest BCUT2D eigenvalue weighted by molar-refractivity contribution is 0.178. The first kappa shape index (κ1) is 14.4. The molecular weight excluding hydrogens is 262 g/mol. The summed E-state index contributed by atoms with van der Waals surface area (Å²) in [6.07, 6.45) is 0. The van der Waals surface area contributed by atoms with E-state index in [9.17, 15) is 4.79 Å². The lowest BCUT2D eigenvalue weighted by atomic mass is 9.87. The molecule has 2 aliphatic rings. The molecule has 0 radical (unpaired) electrons. The summed E-state index contributed by atoms with van der Waals surface area (Å²) in [7, 11) is 0. The standard InChI is InChI=1S/C17H25N3O/c1-17(2,3)14-6-4-13(5-7-14)11-19-12-15-10-18-8-9-20(15)16(19)21/h4-7,15,18H,8-12H2,1-3H3. The molecule has 0 aliphatic carbocycles. The largest absolute Gasteiger partial charge is 0.320 e. The third kappa shape index (κ3) is 2.91. The second kappa shape index (κ2) is 5.34. The molecule has 0 aromatic heterocycles.